The summed E-state index contributed by atoms with van der Waals surface area (Å²) in [6.45, 7) is 1.96. The van der Waals surface area contributed by atoms with Gasteiger partial charge in [-0.3, -0.25) is 4.79 Å². The van der Waals surface area contributed by atoms with Crippen molar-refractivity contribution >= 4 is 29.3 Å². The van der Waals surface area contributed by atoms with E-state index in [1.165, 1.54) is 0 Å². The van der Waals surface area contributed by atoms with E-state index in [2.05, 4.69) is 23.2 Å². The number of halogens is 1. The second-order valence-electron chi connectivity index (χ2n) is 8.69. The van der Waals surface area contributed by atoms with E-state index in [0.717, 1.165) is 39.1 Å². The van der Waals surface area contributed by atoms with Gasteiger partial charge in [-0.1, -0.05) is 41.9 Å². The number of nitrogens with zero attached hydrogens (tertiary/aromatic N) is 1. The van der Waals surface area contributed by atoms with Gasteiger partial charge in [0.15, 0.2) is 5.78 Å². The van der Waals surface area contributed by atoms with Crippen molar-refractivity contribution in [2.24, 2.45) is 0 Å². The lowest BCUT2D eigenvalue weighted by Crippen LogP contribution is -2.14. The number of furan rings is 1. The zero-order valence-electron chi connectivity index (χ0n) is 19.3. The first kappa shape index (κ1) is 22.9. The maximum atomic E-state index is 12.4. The summed E-state index contributed by atoms with van der Waals surface area (Å²) >= 11 is 6.65. The Hall–Kier alpha value is -3.83. The average Bonchev–Trinajstić information content (AvgIpc) is 3.46. The monoisotopic (exact) mass is 484 g/mol. The number of ketones is 1. The zero-order chi connectivity index (χ0) is 24.4. The predicted octanol–water partition coefficient (Wildman–Crippen LogP) is 6.92. The zero-order valence-corrected chi connectivity index (χ0v) is 20.1. The largest absolute Gasteiger partial charge is 0.488 e. The number of fused-ring (bicyclic) bond motifs is 1. The van der Waals surface area contributed by atoms with Crippen LogP contribution in [0.3, 0.4) is 0 Å². The molecule has 0 bridgehead atoms. The predicted molar refractivity (Wildman–Crippen MR) is 139 cm³/mol. The second-order valence-corrected chi connectivity index (χ2v) is 9.10. The molecule has 0 fully saturated rings. The van der Waals surface area contributed by atoms with E-state index in [1.54, 1.807) is 30.7 Å². The topological polar surface area (TPSA) is 78.4 Å². The summed E-state index contributed by atoms with van der Waals surface area (Å²) in [5.74, 6) is 2.03. The van der Waals surface area contributed by atoms with Crippen LogP contribution in [0.2, 0.25) is 5.02 Å². The van der Waals surface area contributed by atoms with Crippen molar-refractivity contribution in [3.63, 3.8) is 0 Å². The molecule has 5 nitrogen and oxygen atoms in total. The molecular weight excluding hydrogens is 460 g/mol. The molecule has 1 unspecified atom stereocenters. The molecule has 176 valence electrons. The lowest BCUT2D eigenvalue weighted by molar-refractivity contribution is -0.114. The van der Waals surface area contributed by atoms with Gasteiger partial charge in [-0.05, 0) is 72.0 Å². The number of rotatable bonds is 7. The summed E-state index contributed by atoms with van der Waals surface area (Å²) in [5.41, 5.74) is 11.6. The van der Waals surface area contributed by atoms with E-state index < -0.39 is 0 Å². The molecule has 0 radical (unpaired) electrons. The van der Waals surface area contributed by atoms with Crippen LogP contribution in [-0.4, -0.2) is 16.9 Å². The molecule has 1 aliphatic rings. The van der Waals surface area contributed by atoms with E-state index in [9.17, 15) is 4.79 Å². The summed E-state index contributed by atoms with van der Waals surface area (Å²) < 4.78 is 11.9. The number of aromatic nitrogens is 1. The van der Waals surface area contributed by atoms with Crippen molar-refractivity contribution in [3.8, 4) is 28.0 Å². The van der Waals surface area contributed by atoms with E-state index in [0.29, 0.717) is 35.9 Å². The van der Waals surface area contributed by atoms with Crippen LogP contribution in [0.25, 0.3) is 28.3 Å². The number of anilines is 1. The van der Waals surface area contributed by atoms with Gasteiger partial charge in [-0.2, -0.15) is 0 Å². The first-order valence-electron chi connectivity index (χ1n) is 11.5. The molecule has 35 heavy (non-hydrogen) atoms. The fourth-order valence-corrected chi connectivity index (χ4v) is 4.71. The molecule has 1 atom stereocenters. The first-order chi connectivity index (χ1) is 17.0. The molecule has 2 N–H and O–H groups in total. The molecule has 2 aromatic heterocycles. The number of carbonyl (C=O) groups excluding carboxylic acids is 1. The van der Waals surface area contributed by atoms with Crippen molar-refractivity contribution in [3.05, 3.63) is 95.0 Å². The Balaban J connectivity index is 1.29. The smallest absolute Gasteiger partial charge is 0.155 e. The maximum absolute atomic E-state index is 12.4. The van der Waals surface area contributed by atoms with Gasteiger partial charge < -0.3 is 14.9 Å². The van der Waals surface area contributed by atoms with Gasteiger partial charge in [0.2, 0.25) is 0 Å². The van der Waals surface area contributed by atoms with Crippen molar-refractivity contribution in [1.82, 2.24) is 4.98 Å². The normalized spacial score (nSPS) is 14.7. The Kier molecular flexibility index (Phi) is 6.43. The minimum absolute atomic E-state index is 0.0368. The van der Waals surface area contributed by atoms with Gasteiger partial charge in [0.05, 0.1) is 11.3 Å². The Bertz CT molecular complexity index is 1390. The van der Waals surface area contributed by atoms with Gasteiger partial charge in [0.1, 0.15) is 23.4 Å². The molecule has 4 aromatic rings. The number of aryl methyl sites for hydroxylation is 1. The number of nitrogen functional groups attached to an aromatic ring is 1. The number of carbonyl (C=O) groups is 1. The fraction of sp³-hybridized carbons (Fsp3) is 0.172. The standard InChI is InChI=1S/C29H25ClN2O3/c1-18-28(25(17-34-18)20-5-3-2-4-6-20)21-13-22-14-24(35-29(22)26(30)15-21)11-10-23(33)9-7-19-8-12-27(31)32-16-19/h2-9,12-13,15-17,24H,10-11,14H2,1H3,(H2,31,32)/b9-7+. The van der Waals surface area contributed by atoms with E-state index >= 15 is 0 Å². The van der Waals surface area contributed by atoms with Gasteiger partial charge in [-0.15, -0.1) is 0 Å². The Morgan fingerprint density at radius 2 is 2.00 bits per heavy atom. The molecule has 1 aliphatic heterocycles. The van der Waals surface area contributed by atoms with Gasteiger partial charge in [-0.25, -0.2) is 4.98 Å². The van der Waals surface area contributed by atoms with Crippen molar-refractivity contribution in [1.29, 1.82) is 0 Å². The molecule has 0 aliphatic carbocycles. The SMILES string of the molecule is Cc1occ(-c2ccccc2)c1-c1cc(Cl)c2c(c1)CC(CCC(=O)/C=C/c1ccc(N)nc1)O2. The Labute approximate surface area is 209 Å². The third-order valence-electron chi connectivity index (χ3n) is 6.18. The summed E-state index contributed by atoms with van der Waals surface area (Å²) in [5, 5.41) is 0.571. The summed E-state index contributed by atoms with van der Waals surface area (Å²) in [6.07, 6.45) is 8.38. The third kappa shape index (κ3) is 5.00. The van der Waals surface area contributed by atoms with Crippen LogP contribution < -0.4 is 10.5 Å². The van der Waals surface area contributed by atoms with Crippen LogP contribution in [0.1, 0.15) is 29.7 Å². The third-order valence-corrected chi connectivity index (χ3v) is 6.47. The van der Waals surface area contributed by atoms with Crippen LogP contribution in [0.5, 0.6) is 5.75 Å². The molecular formula is C29H25ClN2O3. The average molecular weight is 485 g/mol. The highest BCUT2D eigenvalue weighted by Gasteiger charge is 2.27. The van der Waals surface area contributed by atoms with E-state index in [4.69, 9.17) is 26.5 Å². The highest BCUT2D eigenvalue weighted by molar-refractivity contribution is 6.32. The summed E-state index contributed by atoms with van der Waals surface area (Å²) in [4.78, 5) is 16.4. The van der Waals surface area contributed by atoms with Crippen molar-refractivity contribution < 1.29 is 13.9 Å². The highest BCUT2D eigenvalue weighted by Crippen LogP contribution is 2.44. The number of benzene rings is 2. The molecule has 0 spiro atoms. The number of hydrogen-bond donors (Lipinski definition) is 1. The van der Waals surface area contributed by atoms with Crippen LogP contribution >= 0.6 is 11.6 Å². The molecule has 6 heteroatoms. The quantitative estimate of drug-likeness (QED) is 0.288. The lowest BCUT2D eigenvalue weighted by Gasteiger charge is -2.10. The Morgan fingerprint density at radius 1 is 1.17 bits per heavy atom. The number of hydrogen-bond acceptors (Lipinski definition) is 5. The minimum atomic E-state index is -0.0904. The molecule has 5 rings (SSSR count). The number of nitrogens with two attached hydrogens (primary N) is 1. The lowest BCUT2D eigenvalue weighted by atomic mass is 9.94. The number of allylic oxidation sites excluding steroid dienone is 1. The van der Waals surface area contributed by atoms with Gasteiger partial charge in [0.25, 0.3) is 0 Å². The number of ether oxygens (including phenoxy) is 1. The van der Waals surface area contributed by atoms with Crippen molar-refractivity contribution in [2.45, 2.75) is 32.3 Å². The molecule has 0 amide bonds. The van der Waals surface area contributed by atoms with Crippen LogP contribution in [0.15, 0.2) is 77.6 Å². The second kappa shape index (κ2) is 9.80. The maximum Gasteiger partial charge on any atom is 0.155 e. The fourth-order valence-electron chi connectivity index (χ4n) is 4.43. The van der Waals surface area contributed by atoms with Crippen LogP contribution in [0.4, 0.5) is 5.82 Å². The van der Waals surface area contributed by atoms with E-state index in [-0.39, 0.29) is 11.9 Å². The minimum Gasteiger partial charge on any atom is -0.488 e. The van der Waals surface area contributed by atoms with Gasteiger partial charge >= 0.3 is 0 Å². The highest BCUT2D eigenvalue weighted by atomic mass is 35.5. The van der Waals surface area contributed by atoms with Crippen molar-refractivity contribution in [2.75, 3.05) is 5.73 Å². The van der Waals surface area contributed by atoms with E-state index in [1.807, 2.05) is 37.3 Å². The van der Waals surface area contributed by atoms with Gasteiger partial charge in [0, 0.05) is 30.2 Å². The first-order valence-corrected chi connectivity index (χ1v) is 11.9. The molecule has 0 saturated heterocycles. The van der Waals surface area contributed by atoms with Crippen LogP contribution in [0, 0.1) is 6.92 Å². The molecule has 3 heterocycles. The Morgan fingerprint density at radius 3 is 2.77 bits per heavy atom. The summed E-state index contributed by atoms with van der Waals surface area (Å²) in [7, 11) is 0. The van der Waals surface area contributed by atoms with Crippen LogP contribution in [-0.2, 0) is 11.2 Å². The molecule has 0 saturated carbocycles. The number of pyridine rings is 1. The molecule has 2 aromatic carbocycles. The summed E-state index contributed by atoms with van der Waals surface area (Å²) in [6, 6.07) is 17.7.